The summed E-state index contributed by atoms with van der Waals surface area (Å²) >= 11 is 4.75. The molecule has 0 heterocycles. The van der Waals surface area contributed by atoms with Gasteiger partial charge >= 0.3 is 0 Å². The number of unbranched alkanes of at least 4 members (excludes halogenated alkanes) is 3. The molecular formula is C12H23N3S. The molecule has 1 aliphatic carbocycles. The first kappa shape index (κ1) is 13.4. The van der Waals surface area contributed by atoms with Crippen LogP contribution in [0.1, 0.15) is 58.3 Å². The smallest absolute Gasteiger partial charge is 0.184 e. The van der Waals surface area contributed by atoms with Crippen LogP contribution in [-0.2, 0) is 0 Å². The molecule has 0 unspecified atom stereocenters. The van der Waals surface area contributed by atoms with Crippen molar-refractivity contribution in [3.8, 4) is 0 Å². The molecule has 16 heavy (non-hydrogen) atoms. The van der Waals surface area contributed by atoms with Crippen LogP contribution in [0.2, 0.25) is 0 Å². The van der Waals surface area contributed by atoms with Gasteiger partial charge in [0.1, 0.15) is 0 Å². The average molecular weight is 241 g/mol. The molecule has 0 aromatic carbocycles. The SMILES string of the molecule is CCCCCC[C@H]1CCC/C1=N\NC(N)=S. The maximum atomic E-state index is 5.37. The molecule has 0 aliphatic heterocycles. The predicted octanol–water partition coefficient (Wildman–Crippen LogP) is 2.95. The Morgan fingerprint density at radius 2 is 2.31 bits per heavy atom. The van der Waals surface area contributed by atoms with Gasteiger partial charge in [-0.2, -0.15) is 5.10 Å². The van der Waals surface area contributed by atoms with E-state index in [1.807, 2.05) is 0 Å². The molecule has 1 aliphatic rings. The van der Waals surface area contributed by atoms with Crippen molar-refractivity contribution >= 4 is 23.0 Å². The second kappa shape index (κ2) is 7.60. The van der Waals surface area contributed by atoms with Gasteiger partial charge in [-0.1, -0.05) is 32.6 Å². The maximum Gasteiger partial charge on any atom is 0.184 e. The fourth-order valence-electron chi connectivity index (χ4n) is 2.30. The van der Waals surface area contributed by atoms with E-state index in [2.05, 4.69) is 17.5 Å². The summed E-state index contributed by atoms with van der Waals surface area (Å²) in [5.74, 6) is 0.665. The lowest BCUT2D eigenvalue weighted by Gasteiger charge is -2.10. The van der Waals surface area contributed by atoms with E-state index in [9.17, 15) is 0 Å². The Morgan fingerprint density at radius 1 is 1.50 bits per heavy atom. The summed E-state index contributed by atoms with van der Waals surface area (Å²) in [5.41, 5.74) is 9.35. The number of nitrogens with zero attached hydrogens (tertiary/aromatic N) is 1. The monoisotopic (exact) mass is 241 g/mol. The fourth-order valence-corrected chi connectivity index (χ4v) is 2.35. The predicted molar refractivity (Wildman–Crippen MR) is 73.5 cm³/mol. The highest BCUT2D eigenvalue weighted by atomic mass is 32.1. The average Bonchev–Trinajstić information content (AvgIpc) is 2.69. The summed E-state index contributed by atoms with van der Waals surface area (Å²) in [5, 5.41) is 4.57. The molecule has 1 atom stereocenters. The zero-order valence-corrected chi connectivity index (χ0v) is 11.0. The number of hydrogen-bond donors (Lipinski definition) is 2. The van der Waals surface area contributed by atoms with E-state index in [-0.39, 0.29) is 5.11 Å². The Kier molecular flexibility index (Phi) is 6.38. The van der Waals surface area contributed by atoms with Crippen LogP contribution in [0.4, 0.5) is 0 Å². The highest BCUT2D eigenvalue weighted by molar-refractivity contribution is 7.80. The number of thiocarbonyl (C=S) groups is 1. The molecule has 0 aromatic rings. The Balaban J connectivity index is 2.28. The van der Waals surface area contributed by atoms with E-state index in [0.29, 0.717) is 5.92 Å². The van der Waals surface area contributed by atoms with Crippen molar-refractivity contribution in [1.82, 2.24) is 5.43 Å². The van der Waals surface area contributed by atoms with Crippen molar-refractivity contribution in [3.05, 3.63) is 0 Å². The maximum absolute atomic E-state index is 5.37. The minimum Gasteiger partial charge on any atom is -0.375 e. The van der Waals surface area contributed by atoms with Crippen LogP contribution in [0, 0.1) is 5.92 Å². The topological polar surface area (TPSA) is 50.4 Å². The van der Waals surface area contributed by atoms with Gasteiger partial charge in [0.15, 0.2) is 5.11 Å². The minimum atomic E-state index is 0.268. The lowest BCUT2D eigenvalue weighted by molar-refractivity contribution is 0.543. The lowest BCUT2D eigenvalue weighted by Crippen LogP contribution is -2.26. The molecule has 1 fully saturated rings. The fraction of sp³-hybridized carbons (Fsp3) is 0.833. The molecule has 4 heteroatoms. The van der Waals surface area contributed by atoms with Gasteiger partial charge in [0.05, 0.1) is 0 Å². The third-order valence-electron chi connectivity index (χ3n) is 3.17. The molecular weight excluding hydrogens is 218 g/mol. The Hall–Kier alpha value is -0.640. The van der Waals surface area contributed by atoms with Crippen LogP contribution in [-0.4, -0.2) is 10.8 Å². The molecule has 3 N–H and O–H groups in total. The quantitative estimate of drug-likeness (QED) is 0.427. The molecule has 0 spiro atoms. The summed E-state index contributed by atoms with van der Waals surface area (Å²) in [7, 11) is 0. The molecule has 0 bridgehead atoms. The second-order valence-corrected chi connectivity index (χ2v) is 4.96. The Labute approximate surface area is 104 Å². The van der Waals surface area contributed by atoms with Gasteiger partial charge in [0, 0.05) is 5.71 Å². The molecule has 0 radical (unpaired) electrons. The van der Waals surface area contributed by atoms with E-state index in [4.69, 9.17) is 18.0 Å². The third-order valence-corrected chi connectivity index (χ3v) is 3.26. The van der Waals surface area contributed by atoms with E-state index < -0.39 is 0 Å². The lowest BCUT2D eigenvalue weighted by atomic mass is 9.98. The first-order valence-electron chi connectivity index (χ1n) is 6.36. The van der Waals surface area contributed by atoms with Crippen LogP contribution in [0.3, 0.4) is 0 Å². The van der Waals surface area contributed by atoms with Gasteiger partial charge in [0.2, 0.25) is 0 Å². The normalized spacial score (nSPS) is 22.6. The van der Waals surface area contributed by atoms with E-state index in [0.717, 1.165) is 6.42 Å². The van der Waals surface area contributed by atoms with Crippen LogP contribution in [0.25, 0.3) is 0 Å². The van der Waals surface area contributed by atoms with Crippen LogP contribution < -0.4 is 11.2 Å². The highest BCUT2D eigenvalue weighted by Crippen LogP contribution is 2.27. The first-order chi connectivity index (χ1) is 7.74. The summed E-state index contributed by atoms with van der Waals surface area (Å²) in [6.45, 7) is 2.24. The van der Waals surface area contributed by atoms with Crippen molar-refractivity contribution in [2.45, 2.75) is 58.3 Å². The third kappa shape index (κ3) is 4.92. The van der Waals surface area contributed by atoms with Gasteiger partial charge in [0.25, 0.3) is 0 Å². The summed E-state index contributed by atoms with van der Waals surface area (Å²) in [4.78, 5) is 0. The molecule has 1 saturated carbocycles. The molecule has 1 rings (SSSR count). The van der Waals surface area contributed by atoms with E-state index in [1.165, 1.54) is 50.7 Å². The van der Waals surface area contributed by atoms with Gasteiger partial charge in [-0.05, 0) is 43.8 Å². The van der Waals surface area contributed by atoms with Crippen molar-refractivity contribution in [3.63, 3.8) is 0 Å². The van der Waals surface area contributed by atoms with Crippen molar-refractivity contribution in [2.24, 2.45) is 16.8 Å². The molecule has 0 saturated heterocycles. The van der Waals surface area contributed by atoms with Crippen LogP contribution >= 0.6 is 12.2 Å². The zero-order valence-electron chi connectivity index (χ0n) is 10.2. The van der Waals surface area contributed by atoms with Gasteiger partial charge in [-0.15, -0.1) is 0 Å². The largest absolute Gasteiger partial charge is 0.375 e. The number of hydrogen-bond acceptors (Lipinski definition) is 2. The van der Waals surface area contributed by atoms with Crippen molar-refractivity contribution in [2.75, 3.05) is 0 Å². The first-order valence-corrected chi connectivity index (χ1v) is 6.76. The summed E-state index contributed by atoms with van der Waals surface area (Å²) < 4.78 is 0. The number of nitrogens with one attached hydrogen (secondary N) is 1. The second-order valence-electron chi connectivity index (χ2n) is 4.52. The molecule has 0 aromatic heterocycles. The van der Waals surface area contributed by atoms with Crippen LogP contribution in [0.5, 0.6) is 0 Å². The minimum absolute atomic E-state index is 0.268. The van der Waals surface area contributed by atoms with Crippen LogP contribution in [0.15, 0.2) is 5.10 Å². The van der Waals surface area contributed by atoms with Crippen molar-refractivity contribution < 1.29 is 0 Å². The highest BCUT2D eigenvalue weighted by Gasteiger charge is 2.21. The molecule has 92 valence electrons. The van der Waals surface area contributed by atoms with Gasteiger partial charge in [-0.25, -0.2) is 0 Å². The Morgan fingerprint density at radius 3 is 3.00 bits per heavy atom. The summed E-state index contributed by atoms with van der Waals surface area (Å²) in [6.07, 6.45) is 10.2. The Bertz CT molecular complexity index is 251. The van der Waals surface area contributed by atoms with E-state index in [1.54, 1.807) is 0 Å². The van der Waals surface area contributed by atoms with Gasteiger partial charge in [-0.3, -0.25) is 5.43 Å². The number of hydrazone groups is 1. The van der Waals surface area contributed by atoms with E-state index >= 15 is 0 Å². The standard InChI is InChI=1S/C12H23N3S/c1-2-3-4-5-7-10-8-6-9-11(10)14-15-12(13)16/h10H,2-9H2,1H3,(H3,13,15,16)/b14-11+/t10-/m0/s1. The van der Waals surface area contributed by atoms with Gasteiger partial charge < -0.3 is 5.73 Å². The van der Waals surface area contributed by atoms with Crippen molar-refractivity contribution in [1.29, 1.82) is 0 Å². The molecule has 0 amide bonds. The summed E-state index contributed by atoms with van der Waals surface area (Å²) in [6, 6.07) is 0. The molecule has 3 nitrogen and oxygen atoms in total. The number of rotatable bonds is 6. The zero-order chi connectivity index (χ0) is 11.8. The number of nitrogens with two attached hydrogens (primary N) is 1.